The van der Waals surface area contributed by atoms with Gasteiger partial charge in [0.1, 0.15) is 4.90 Å². The molecule has 102 valence electrons. The smallest absolute Gasteiger partial charge is 0.273 e. The summed E-state index contributed by atoms with van der Waals surface area (Å²) in [6.07, 6.45) is 1.01. The first-order valence-corrected chi connectivity index (χ1v) is 7.61. The lowest BCUT2D eigenvalue weighted by atomic mass is 10.0. The van der Waals surface area contributed by atoms with Gasteiger partial charge in [0.15, 0.2) is 0 Å². The molecule has 1 aliphatic heterocycles. The fourth-order valence-electron chi connectivity index (χ4n) is 2.21. The normalized spacial score (nSPS) is 16.8. The molecule has 0 spiro atoms. The number of rotatable bonds is 3. The van der Waals surface area contributed by atoms with Gasteiger partial charge in [0, 0.05) is 5.92 Å². The Labute approximate surface area is 112 Å². The summed E-state index contributed by atoms with van der Waals surface area (Å²) in [6.45, 7) is 3.60. The molecular formula is C13H15NO4S. The largest absolute Gasteiger partial charge is 0.276 e. The SMILES string of the molecule is CCC(CC)C(=O)N1C(=O)c2ccccc2S1(=O)=O. The van der Waals surface area contributed by atoms with Gasteiger partial charge in [-0.1, -0.05) is 26.0 Å². The molecule has 1 aromatic rings. The molecule has 0 saturated heterocycles. The molecule has 0 saturated carbocycles. The van der Waals surface area contributed by atoms with E-state index in [9.17, 15) is 18.0 Å². The standard InChI is InChI=1S/C13H15NO4S/c1-3-9(4-2)12(15)14-13(16)10-7-5-6-8-11(10)19(14,17)18/h5-9H,3-4H2,1-2H3. The summed E-state index contributed by atoms with van der Waals surface area (Å²) in [4.78, 5) is 24.3. The molecule has 1 heterocycles. The summed E-state index contributed by atoms with van der Waals surface area (Å²) in [5.41, 5.74) is 0.0711. The molecule has 0 aromatic heterocycles. The summed E-state index contributed by atoms with van der Waals surface area (Å²) in [6, 6.07) is 5.89. The third-order valence-corrected chi connectivity index (χ3v) is 5.09. The zero-order valence-corrected chi connectivity index (χ0v) is 11.6. The van der Waals surface area contributed by atoms with Crippen molar-refractivity contribution < 1.29 is 18.0 Å². The Kier molecular flexibility index (Phi) is 3.45. The Morgan fingerprint density at radius 2 is 1.79 bits per heavy atom. The van der Waals surface area contributed by atoms with Crippen LogP contribution in [-0.2, 0) is 14.8 Å². The highest BCUT2D eigenvalue weighted by Crippen LogP contribution is 2.31. The van der Waals surface area contributed by atoms with E-state index in [4.69, 9.17) is 0 Å². The van der Waals surface area contributed by atoms with Gasteiger partial charge >= 0.3 is 0 Å². The number of fused-ring (bicyclic) bond motifs is 1. The second-order valence-electron chi connectivity index (χ2n) is 4.42. The van der Waals surface area contributed by atoms with E-state index in [0.29, 0.717) is 17.1 Å². The number of hydrogen-bond acceptors (Lipinski definition) is 4. The Balaban J connectivity index is 2.52. The van der Waals surface area contributed by atoms with Gasteiger partial charge in [0.2, 0.25) is 5.91 Å². The molecule has 0 fully saturated rings. The maximum Gasteiger partial charge on any atom is 0.276 e. The van der Waals surface area contributed by atoms with Crippen LogP contribution in [0.3, 0.4) is 0 Å². The molecule has 0 atom stereocenters. The topological polar surface area (TPSA) is 71.5 Å². The van der Waals surface area contributed by atoms with Gasteiger partial charge in [-0.05, 0) is 25.0 Å². The number of benzene rings is 1. The van der Waals surface area contributed by atoms with Crippen LogP contribution in [0.2, 0.25) is 0 Å². The summed E-state index contributed by atoms with van der Waals surface area (Å²) in [5, 5.41) is 0. The van der Waals surface area contributed by atoms with E-state index in [0.717, 1.165) is 0 Å². The number of imide groups is 1. The quantitative estimate of drug-likeness (QED) is 0.847. The average Bonchev–Trinajstić information content (AvgIpc) is 2.59. The van der Waals surface area contributed by atoms with E-state index in [1.807, 2.05) is 0 Å². The molecule has 0 radical (unpaired) electrons. The number of carbonyl (C=O) groups is 2. The summed E-state index contributed by atoms with van der Waals surface area (Å²) >= 11 is 0. The van der Waals surface area contributed by atoms with E-state index in [1.165, 1.54) is 18.2 Å². The highest BCUT2D eigenvalue weighted by molar-refractivity contribution is 7.90. The molecule has 0 N–H and O–H groups in total. The van der Waals surface area contributed by atoms with Gasteiger partial charge in [-0.15, -0.1) is 0 Å². The van der Waals surface area contributed by atoms with Gasteiger partial charge in [0.05, 0.1) is 5.56 Å². The number of sulfonamides is 1. The Bertz CT molecular complexity index is 632. The van der Waals surface area contributed by atoms with E-state index in [1.54, 1.807) is 19.9 Å². The highest BCUT2D eigenvalue weighted by atomic mass is 32.2. The van der Waals surface area contributed by atoms with Crippen LogP contribution >= 0.6 is 0 Å². The number of carbonyl (C=O) groups excluding carboxylic acids is 2. The summed E-state index contributed by atoms with van der Waals surface area (Å²) in [5.74, 6) is -1.83. The number of amides is 2. The molecule has 1 aromatic carbocycles. The van der Waals surface area contributed by atoms with E-state index in [-0.39, 0.29) is 10.5 Å². The van der Waals surface area contributed by atoms with E-state index >= 15 is 0 Å². The number of nitrogens with zero attached hydrogens (tertiary/aromatic N) is 1. The second kappa shape index (κ2) is 4.77. The van der Waals surface area contributed by atoms with Gasteiger partial charge in [-0.25, -0.2) is 8.42 Å². The molecule has 5 nitrogen and oxygen atoms in total. The maximum absolute atomic E-state index is 12.3. The monoisotopic (exact) mass is 281 g/mol. The van der Waals surface area contributed by atoms with Crippen molar-refractivity contribution in [3.8, 4) is 0 Å². The van der Waals surface area contributed by atoms with Crippen LogP contribution in [0.25, 0.3) is 0 Å². The molecular weight excluding hydrogens is 266 g/mol. The average molecular weight is 281 g/mol. The first kappa shape index (κ1) is 13.7. The van der Waals surface area contributed by atoms with Gasteiger partial charge < -0.3 is 0 Å². The van der Waals surface area contributed by atoms with Crippen molar-refractivity contribution in [2.45, 2.75) is 31.6 Å². The van der Waals surface area contributed by atoms with Crippen LogP contribution in [0, 0.1) is 5.92 Å². The lowest BCUT2D eigenvalue weighted by Crippen LogP contribution is -2.40. The third kappa shape index (κ3) is 1.96. The van der Waals surface area contributed by atoms with Crippen LogP contribution in [0.15, 0.2) is 29.2 Å². The van der Waals surface area contributed by atoms with Crippen LogP contribution in [-0.4, -0.2) is 24.5 Å². The molecule has 0 unspecified atom stereocenters. The fraction of sp³-hybridized carbons (Fsp3) is 0.385. The fourth-order valence-corrected chi connectivity index (χ4v) is 3.79. The van der Waals surface area contributed by atoms with Gasteiger partial charge in [-0.2, -0.15) is 4.31 Å². The van der Waals surface area contributed by atoms with Crippen LogP contribution in [0.5, 0.6) is 0 Å². The maximum atomic E-state index is 12.3. The predicted octanol–water partition coefficient (Wildman–Crippen LogP) is 1.79. The molecule has 0 bridgehead atoms. The van der Waals surface area contributed by atoms with Crippen molar-refractivity contribution in [1.82, 2.24) is 4.31 Å². The van der Waals surface area contributed by atoms with Crippen molar-refractivity contribution >= 4 is 21.8 Å². The van der Waals surface area contributed by atoms with E-state index in [2.05, 4.69) is 0 Å². The van der Waals surface area contributed by atoms with Crippen molar-refractivity contribution in [1.29, 1.82) is 0 Å². The molecule has 2 rings (SSSR count). The van der Waals surface area contributed by atoms with Gasteiger partial charge in [0.25, 0.3) is 15.9 Å². The summed E-state index contributed by atoms with van der Waals surface area (Å²) in [7, 11) is -4.03. The molecule has 1 aliphatic rings. The lowest BCUT2D eigenvalue weighted by molar-refractivity contribution is -0.128. The van der Waals surface area contributed by atoms with Gasteiger partial charge in [-0.3, -0.25) is 9.59 Å². The minimum atomic E-state index is -4.03. The molecule has 0 aliphatic carbocycles. The van der Waals surface area contributed by atoms with Crippen molar-refractivity contribution in [2.75, 3.05) is 0 Å². The predicted molar refractivity (Wildman–Crippen MR) is 68.9 cm³/mol. The molecule has 2 amide bonds. The second-order valence-corrected chi connectivity index (χ2v) is 6.18. The first-order chi connectivity index (χ1) is 8.95. The Morgan fingerprint density at radius 3 is 2.32 bits per heavy atom. The Hall–Kier alpha value is -1.69. The van der Waals surface area contributed by atoms with E-state index < -0.39 is 27.8 Å². The Morgan fingerprint density at radius 1 is 1.21 bits per heavy atom. The van der Waals surface area contributed by atoms with Crippen molar-refractivity contribution in [3.05, 3.63) is 29.8 Å². The number of hydrogen-bond donors (Lipinski definition) is 0. The zero-order chi connectivity index (χ0) is 14.2. The molecule has 19 heavy (non-hydrogen) atoms. The summed E-state index contributed by atoms with van der Waals surface area (Å²) < 4.78 is 24.9. The van der Waals surface area contributed by atoms with Crippen LogP contribution in [0.4, 0.5) is 0 Å². The zero-order valence-electron chi connectivity index (χ0n) is 10.8. The first-order valence-electron chi connectivity index (χ1n) is 6.17. The van der Waals surface area contributed by atoms with Crippen molar-refractivity contribution in [2.24, 2.45) is 5.92 Å². The third-order valence-electron chi connectivity index (χ3n) is 3.36. The van der Waals surface area contributed by atoms with Crippen LogP contribution in [0.1, 0.15) is 37.0 Å². The van der Waals surface area contributed by atoms with Crippen LogP contribution < -0.4 is 0 Å². The minimum absolute atomic E-state index is 0.0711. The minimum Gasteiger partial charge on any atom is -0.273 e. The lowest BCUT2D eigenvalue weighted by Gasteiger charge is -2.18. The highest BCUT2D eigenvalue weighted by Gasteiger charge is 2.46. The van der Waals surface area contributed by atoms with Crippen molar-refractivity contribution in [3.63, 3.8) is 0 Å². The molecule has 6 heteroatoms.